The summed E-state index contributed by atoms with van der Waals surface area (Å²) >= 11 is 6.44. The monoisotopic (exact) mass is 591 g/mol. The predicted octanol–water partition coefficient (Wildman–Crippen LogP) is 5.21. The maximum Gasteiger partial charge on any atom is 0.281 e. The van der Waals surface area contributed by atoms with E-state index in [9.17, 15) is 13.2 Å². The van der Waals surface area contributed by atoms with Gasteiger partial charge in [-0.05, 0) is 68.2 Å². The Bertz CT molecular complexity index is 1540. The third-order valence-corrected chi connectivity index (χ3v) is 9.07. The van der Waals surface area contributed by atoms with Crippen LogP contribution in [0.2, 0.25) is 24.7 Å². The van der Waals surface area contributed by atoms with E-state index in [1.807, 2.05) is 19.6 Å². The van der Waals surface area contributed by atoms with Gasteiger partial charge in [0.25, 0.3) is 15.9 Å². The number of hydrogen-bond acceptors (Lipinski definition) is 8. The molecule has 1 heterocycles. The first kappa shape index (κ1) is 28.7. The number of carbonyl (C=O) groups is 1. The summed E-state index contributed by atoms with van der Waals surface area (Å²) in [5.41, 5.74) is -1.24. The van der Waals surface area contributed by atoms with Gasteiger partial charge < -0.3 is 23.4 Å². The molecule has 1 aliphatic rings. The maximum atomic E-state index is 14.7. The summed E-state index contributed by atoms with van der Waals surface area (Å²) in [6.45, 7) is 5.72. The molecular weight excluding hydrogens is 562 g/mol. The molecule has 1 atom stereocenters. The highest BCUT2D eigenvalue weighted by molar-refractivity contribution is 7.93. The normalized spacial score (nSPS) is 17.1. The molecule has 12 heteroatoms. The SMILES string of the molecule is COc1ccc(S(=O)(=O)N2C(=O)C(O[Si](C)(C)C)(c3cc(OC)ccc3OC)c3cc(Cl)ccc32)c(OC)c1. The molecule has 3 aromatic carbocycles. The molecule has 208 valence electrons. The number of nitrogens with zero attached hydrogens (tertiary/aromatic N) is 1. The van der Waals surface area contributed by atoms with Gasteiger partial charge in [0, 0.05) is 22.2 Å². The summed E-state index contributed by atoms with van der Waals surface area (Å²) in [6.07, 6.45) is 0. The standard InChI is InChI=1S/C27H30ClNO8SSi/c1-33-18-9-12-23(35-3)21(15-18)27(37-39(5,6)7)20-14-17(28)8-11-22(20)29(26(27)30)38(31,32)25-13-10-19(34-2)16-24(25)36-4/h8-16H,1-7H3. The molecule has 1 aliphatic heterocycles. The van der Waals surface area contributed by atoms with Crippen molar-refractivity contribution in [3.63, 3.8) is 0 Å². The van der Waals surface area contributed by atoms with E-state index in [2.05, 4.69) is 0 Å². The van der Waals surface area contributed by atoms with E-state index in [0.717, 1.165) is 4.31 Å². The molecule has 0 spiro atoms. The number of carbonyl (C=O) groups excluding carboxylic acids is 1. The first-order valence-electron chi connectivity index (χ1n) is 11.9. The van der Waals surface area contributed by atoms with Crippen LogP contribution in [0.4, 0.5) is 5.69 Å². The highest BCUT2D eigenvalue weighted by Gasteiger charge is 2.60. The third-order valence-electron chi connectivity index (χ3n) is 6.18. The van der Waals surface area contributed by atoms with Crippen LogP contribution in [0.1, 0.15) is 11.1 Å². The number of fused-ring (bicyclic) bond motifs is 1. The van der Waals surface area contributed by atoms with Crippen LogP contribution in [0.3, 0.4) is 0 Å². The van der Waals surface area contributed by atoms with E-state index < -0.39 is 29.8 Å². The molecule has 3 aromatic rings. The van der Waals surface area contributed by atoms with Crippen molar-refractivity contribution in [2.24, 2.45) is 0 Å². The van der Waals surface area contributed by atoms with Crippen molar-refractivity contribution in [2.75, 3.05) is 32.7 Å². The van der Waals surface area contributed by atoms with E-state index >= 15 is 0 Å². The van der Waals surface area contributed by atoms with Crippen LogP contribution in [0.25, 0.3) is 0 Å². The Morgan fingerprint density at radius 2 is 1.38 bits per heavy atom. The Balaban J connectivity index is 2.09. The lowest BCUT2D eigenvalue weighted by Crippen LogP contribution is -2.50. The summed E-state index contributed by atoms with van der Waals surface area (Å²) < 4.78 is 57.7. The van der Waals surface area contributed by atoms with Crippen LogP contribution in [0.5, 0.6) is 23.0 Å². The van der Waals surface area contributed by atoms with Gasteiger partial charge in [-0.3, -0.25) is 4.79 Å². The van der Waals surface area contributed by atoms with Gasteiger partial charge in [-0.15, -0.1) is 0 Å². The zero-order valence-corrected chi connectivity index (χ0v) is 25.3. The van der Waals surface area contributed by atoms with E-state index in [1.165, 1.54) is 58.8 Å². The Kier molecular flexibility index (Phi) is 7.65. The highest BCUT2D eigenvalue weighted by Crippen LogP contribution is 2.54. The average Bonchev–Trinajstić information content (AvgIpc) is 3.14. The summed E-state index contributed by atoms with van der Waals surface area (Å²) in [5, 5.41) is 0.299. The Labute approximate surface area is 234 Å². The second-order valence-electron chi connectivity index (χ2n) is 9.71. The van der Waals surface area contributed by atoms with Crippen molar-refractivity contribution in [3.05, 3.63) is 70.7 Å². The Morgan fingerprint density at radius 3 is 1.97 bits per heavy atom. The number of sulfonamides is 1. The summed E-state index contributed by atoms with van der Waals surface area (Å²) in [6, 6.07) is 13.8. The predicted molar refractivity (Wildman–Crippen MR) is 150 cm³/mol. The lowest BCUT2D eigenvalue weighted by atomic mass is 9.86. The van der Waals surface area contributed by atoms with Crippen LogP contribution in [-0.2, 0) is 24.8 Å². The number of halogens is 1. The summed E-state index contributed by atoms with van der Waals surface area (Å²) in [7, 11) is -1.37. The van der Waals surface area contributed by atoms with Crippen LogP contribution in [0.15, 0.2) is 59.5 Å². The molecule has 0 radical (unpaired) electrons. The molecule has 0 saturated carbocycles. The van der Waals surface area contributed by atoms with E-state index in [1.54, 1.807) is 24.3 Å². The minimum absolute atomic E-state index is 0.0141. The van der Waals surface area contributed by atoms with Gasteiger partial charge in [-0.25, -0.2) is 8.42 Å². The van der Waals surface area contributed by atoms with Crippen LogP contribution in [0, 0.1) is 0 Å². The molecular formula is C27H30ClNO8SSi. The first-order chi connectivity index (χ1) is 18.3. The zero-order valence-electron chi connectivity index (χ0n) is 22.7. The Morgan fingerprint density at radius 1 is 0.769 bits per heavy atom. The molecule has 0 fully saturated rings. The molecule has 0 aliphatic carbocycles. The van der Waals surface area contributed by atoms with Crippen LogP contribution < -0.4 is 23.3 Å². The lowest BCUT2D eigenvalue weighted by molar-refractivity contribution is -0.129. The minimum atomic E-state index is -4.53. The molecule has 1 amide bonds. The van der Waals surface area contributed by atoms with Gasteiger partial charge in [-0.1, -0.05) is 11.6 Å². The number of ether oxygens (including phenoxy) is 4. The number of amides is 1. The van der Waals surface area contributed by atoms with Crippen molar-refractivity contribution in [1.82, 2.24) is 0 Å². The summed E-state index contributed by atoms with van der Waals surface area (Å²) in [5.74, 6) is 0.309. The number of benzene rings is 3. The number of hydrogen-bond donors (Lipinski definition) is 0. The fourth-order valence-corrected chi connectivity index (χ4v) is 7.62. The van der Waals surface area contributed by atoms with Gasteiger partial charge in [0.2, 0.25) is 0 Å². The topological polar surface area (TPSA) is 101 Å². The van der Waals surface area contributed by atoms with Crippen molar-refractivity contribution in [1.29, 1.82) is 0 Å². The van der Waals surface area contributed by atoms with Crippen LogP contribution in [-0.4, -0.2) is 51.1 Å². The first-order valence-corrected chi connectivity index (χ1v) is 17.1. The lowest BCUT2D eigenvalue weighted by Gasteiger charge is -2.36. The molecule has 0 aromatic heterocycles. The summed E-state index contributed by atoms with van der Waals surface area (Å²) in [4.78, 5) is 14.5. The van der Waals surface area contributed by atoms with Gasteiger partial charge >= 0.3 is 0 Å². The largest absolute Gasteiger partial charge is 0.497 e. The second kappa shape index (κ2) is 10.4. The second-order valence-corrected chi connectivity index (χ2v) is 16.3. The highest BCUT2D eigenvalue weighted by atomic mass is 35.5. The molecule has 0 saturated heterocycles. The van der Waals surface area contributed by atoms with Crippen molar-refractivity contribution in [3.8, 4) is 23.0 Å². The van der Waals surface area contributed by atoms with E-state index in [-0.39, 0.29) is 21.9 Å². The smallest absolute Gasteiger partial charge is 0.281 e. The van der Waals surface area contributed by atoms with Crippen molar-refractivity contribution in [2.45, 2.75) is 30.1 Å². The minimum Gasteiger partial charge on any atom is -0.497 e. The Hall–Kier alpha value is -3.25. The number of methoxy groups -OCH3 is 4. The zero-order chi connectivity index (χ0) is 28.8. The molecule has 0 bridgehead atoms. The van der Waals surface area contributed by atoms with Gasteiger partial charge in [0.1, 0.15) is 27.9 Å². The van der Waals surface area contributed by atoms with Crippen molar-refractivity contribution < 1.29 is 36.6 Å². The molecule has 0 N–H and O–H groups in total. The number of anilines is 1. The van der Waals surface area contributed by atoms with Gasteiger partial charge in [0.05, 0.1) is 34.1 Å². The molecule has 39 heavy (non-hydrogen) atoms. The van der Waals surface area contributed by atoms with E-state index in [4.69, 9.17) is 35.0 Å². The quantitative estimate of drug-likeness (QED) is 0.313. The van der Waals surface area contributed by atoms with Crippen LogP contribution >= 0.6 is 11.6 Å². The molecule has 9 nitrogen and oxygen atoms in total. The third kappa shape index (κ3) is 4.84. The van der Waals surface area contributed by atoms with Crippen molar-refractivity contribution >= 4 is 41.5 Å². The maximum absolute atomic E-state index is 14.7. The molecule has 4 rings (SSSR count). The average molecular weight is 592 g/mol. The van der Waals surface area contributed by atoms with E-state index in [0.29, 0.717) is 27.8 Å². The fraction of sp³-hybridized carbons (Fsp3) is 0.296. The molecule has 1 unspecified atom stereocenters. The van der Waals surface area contributed by atoms with Gasteiger partial charge in [-0.2, -0.15) is 4.31 Å². The fourth-order valence-electron chi connectivity index (χ4n) is 4.62. The number of rotatable bonds is 9. The van der Waals surface area contributed by atoms with Gasteiger partial charge in [0.15, 0.2) is 13.9 Å².